The van der Waals surface area contributed by atoms with E-state index in [0.29, 0.717) is 0 Å². The van der Waals surface area contributed by atoms with Crippen molar-refractivity contribution < 1.29 is 0 Å². The molecule has 2 heterocycles. The number of aryl methyl sites for hydroxylation is 1. The van der Waals surface area contributed by atoms with Gasteiger partial charge >= 0.3 is 0 Å². The van der Waals surface area contributed by atoms with Crippen molar-refractivity contribution in [3.8, 4) is 0 Å². The van der Waals surface area contributed by atoms with Crippen molar-refractivity contribution in [3.05, 3.63) is 94.0 Å². The maximum atomic E-state index is 4.88. The molecule has 2 atom stereocenters. The van der Waals surface area contributed by atoms with E-state index in [2.05, 4.69) is 106 Å². The predicted molar refractivity (Wildman–Crippen MR) is 114 cm³/mol. The number of nitrogens with one attached hydrogen (secondary N) is 1. The van der Waals surface area contributed by atoms with Crippen LogP contribution in [0.3, 0.4) is 0 Å². The molecule has 1 N–H and O–H groups in total. The lowest BCUT2D eigenvalue weighted by molar-refractivity contribution is 0.477. The first-order chi connectivity index (χ1) is 13.2. The van der Waals surface area contributed by atoms with E-state index in [4.69, 9.17) is 4.98 Å². The van der Waals surface area contributed by atoms with E-state index in [1.165, 1.54) is 22.2 Å². The number of hydrogen-bond donors (Lipinski definition) is 1. The quantitative estimate of drug-likeness (QED) is 0.417. The van der Waals surface area contributed by atoms with E-state index < -0.39 is 0 Å². The fourth-order valence-corrected chi connectivity index (χ4v) is 4.26. The summed E-state index contributed by atoms with van der Waals surface area (Å²) in [6.45, 7) is 2.13. The molecule has 0 bridgehead atoms. The van der Waals surface area contributed by atoms with E-state index in [1.807, 2.05) is 0 Å². The summed E-state index contributed by atoms with van der Waals surface area (Å²) in [7, 11) is 0. The van der Waals surface area contributed by atoms with Crippen LogP contribution in [0.1, 0.15) is 35.2 Å². The van der Waals surface area contributed by atoms with Crippen LogP contribution in [0.15, 0.2) is 77.3 Å². The Morgan fingerprint density at radius 2 is 1.63 bits per heavy atom. The number of halogens is 1. The third kappa shape index (κ3) is 2.94. The summed E-state index contributed by atoms with van der Waals surface area (Å²) in [5.41, 5.74) is 6.11. The SMILES string of the molecule is Cc1ccc([C@H]2C[C@@H](c3ccc(Br)cc3)Nc3nc4ccccc4n32)cc1. The van der Waals surface area contributed by atoms with Crippen molar-refractivity contribution in [2.24, 2.45) is 0 Å². The Labute approximate surface area is 167 Å². The first kappa shape index (κ1) is 16.6. The van der Waals surface area contributed by atoms with E-state index in [0.717, 1.165) is 22.4 Å². The maximum absolute atomic E-state index is 4.88. The highest BCUT2D eigenvalue weighted by atomic mass is 79.9. The van der Waals surface area contributed by atoms with Gasteiger partial charge in [-0.3, -0.25) is 0 Å². The minimum atomic E-state index is 0.230. The lowest BCUT2D eigenvalue weighted by Gasteiger charge is -2.33. The van der Waals surface area contributed by atoms with E-state index in [-0.39, 0.29) is 12.1 Å². The van der Waals surface area contributed by atoms with Crippen LogP contribution in [-0.4, -0.2) is 9.55 Å². The number of aromatic nitrogens is 2. The Hall–Kier alpha value is -2.59. The third-order valence-electron chi connectivity index (χ3n) is 5.40. The van der Waals surface area contributed by atoms with Crippen LogP contribution in [-0.2, 0) is 0 Å². The van der Waals surface area contributed by atoms with E-state index in [1.54, 1.807) is 0 Å². The van der Waals surface area contributed by atoms with E-state index in [9.17, 15) is 0 Å². The van der Waals surface area contributed by atoms with Crippen molar-refractivity contribution in [3.63, 3.8) is 0 Å². The smallest absolute Gasteiger partial charge is 0.204 e. The summed E-state index contributed by atoms with van der Waals surface area (Å²) >= 11 is 3.54. The largest absolute Gasteiger partial charge is 0.349 e. The zero-order valence-corrected chi connectivity index (χ0v) is 16.6. The summed E-state index contributed by atoms with van der Waals surface area (Å²) in [5, 5.41) is 3.67. The lowest BCUT2D eigenvalue weighted by atomic mass is 9.92. The topological polar surface area (TPSA) is 29.9 Å². The molecule has 0 saturated carbocycles. The molecule has 5 rings (SSSR count). The van der Waals surface area contributed by atoms with Gasteiger partial charge < -0.3 is 9.88 Å². The van der Waals surface area contributed by atoms with Gasteiger partial charge in [0.25, 0.3) is 0 Å². The van der Waals surface area contributed by atoms with Gasteiger partial charge in [-0.05, 0) is 48.7 Å². The summed E-state index contributed by atoms with van der Waals surface area (Å²) in [6.07, 6.45) is 0.984. The Bertz CT molecular complexity index is 1100. The predicted octanol–water partition coefficient (Wildman–Crippen LogP) is 6.25. The fourth-order valence-electron chi connectivity index (χ4n) is 3.99. The molecular weight excluding hydrogens is 398 g/mol. The Morgan fingerprint density at radius 3 is 2.41 bits per heavy atom. The summed E-state index contributed by atoms with van der Waals surface area (Å²) < 4.78 is 3.46. The third-order valence-corrected chi connectivity index (χ3v) is 5.93. The number of imidazole rings is 1. The van der Waals surface area contributed by atoms with Crippen LogP contribution >= 0.6 is 15.9 Å². The molecule has 0 spiro atoms. The first-order valence-corrected chi connectivity index (χ1v) is 10.0. The molecule has 0 saturated heterocycles. The van der Waals surface area contributed by atoms with Crippen molar-refractivity contribution >= 4 is 32.9 Å². The molecule has 1 aliphatic rings. The zero-order valence-electron chi connectivity index (χ0n) is 15.1. The zero-order chi connectivity index (χ0) is 18.4. The molecule has 0 amide bonds. The minimum absolute atomic E-state index is 0.230. The Kier molecular flexibility index (Phi) is 4.01. The van der Waals surface area contributed by atoms with Gasteiger partial charge in [-0.25, -0.2) is 4.98 Å². The van der Waals surface area contributed by atoms with Gasteiger partial charge in [0.1, 0.15) is 0 Å². The van der Waals surface area contributed by atoms with Gasteiger partial charge in [0.2, 0.25) is 5.95 Å². The van der Waals surface area contributed by atoms with Crippen molar-refractivity contribution in [2.75, 3.05) is 5.32 Å². The molecule has 0 aliphatic carbocycles. The standard InChI is InChI=1S/C23H20BrN3/c1-15-6-8-17(9-7-15)22-14-20(16-10-12-18(24)13-11-16)26-23-25-19-4-2-3-5-21(19)27(22)23/h2-13,20,22H,14H2,1H3,(H,25,26)/t20-,22+/m0/s1. The molecule has 4 aromatic rings. The molecule has 0 unspecified atom stereocenters. The van der Waals surface area contributed by atoms with Crippen molar-refractivity contribution in [1.29, 1.82) is 0 Å². The highest BCUT2D eigenvalue weighted by Gasteiger charge is 2.30. The van der Waals surface area contributed by atoms with Crippen LogP contribution < -0.4 is 5.32 Å². The van der Waals surface area contributed by atoms with Crippen LogP contribution in [0.4, 0.5) is 5.95 Å². The second kappa shape index (κ2) is 6.54. The number of para-hydroxylation sites is 2. The Balaban J connectivity index is 1.65. The second-order valence-electron chi connectivity index (χ2n) is 7.20. The summed E-state index contributed by atoms with van der Waals surface area (Å²) in [6, 6.07) is 26.4. The molecule has 0 fully saturated rings. The molecule has 1 aromatic heterocycles. The van der Waals surface area contributed by atoms with Gasteiger partial charge in [-0.1, -0.05) is 70.0 Å². The average molecular weight is 418 g/mol. The van der Waals surface area contributed by atoms with Crippen molar-refractivity contribution in [1.82, 2.24) is 9.55 Å². The molecule has 0 radical (unpaired) electrons. The number of anilines is 1. The highest BCUT2D eigenvalue weighted by molar-refractivity contribution is 9.10. The van der Waals surface area contributed by atoms with Crippen LogP contribution in [0.5, 0.6) is 0 Å². The number of benzene rings is 3. The molecule has 1 aliphatic heterocycles. The molecule has 4 heteroatoms. The van der Waals surface area contributed by atoms with Gasteiger partial charge in [-0.2, -0.15) is 0 Å². The van der Waals surface area contributed by atoms with Gasteiger partial charge in [-0.15, -0.1) is 0 Å². The number of rotatable bonds is 2. The number of nitrogens with zero attached hydrogens (tertiary/aromatic N) is 2. The molecule has 3 nitrogen and oxygen atoms in total. The molecular formula is C23H20BrN3. The van der Waals surface area contributed by atoms with Crippen LogP contribution in [0.2, 0.25) is 0 Å². The van der Waals surface area contributed by atoms with Gasteiger partial charge in [0.05, 0.1) is 23.1 Å². The summed E-state index contributed by atoms with van der Waals surface area (Å²) in [5.74, 6) is 0.945. The highest BCUT2D eigenvalue weighted by Crippen LogP contribution is 2.41. The molecule has 27 heavy (non-hydrogen) atoms. The summed E-state index contributed by atoms with van der Waals surface area (Å²) in [4.78, 5) is 4.88. The number of fused-ring (bicyclic) bond motifs is 3. The minimum Gasteiger partial charge on any atom is -0.349 e. The normalized spacial score (nSPS) is 18.9. The molecule has 3 aromatic carbocycles. The van der Waals surface area contributed by atoms with Gasteiger partial charge in [0.15, 0.2) is 0 Å². The van der Waals surface area contributed by atoms with Crippen LogP contribution in [0, 0.1) is 6.92 Å². The number of hydrogen-bond acceptors (Lipinski definition) is 2. The van der Waals surface area contributed by atoms with E-state index >= 15 is 0 Å². The lowest BCUT2D eigenvalue weighted by Crippen LogP contribution is -2.27. The first-order valence-electron chi connectivity index (χ1n) is 9.24. The monoisotopic (exact) mass is 417 g/mol. The maximum Gasteiger partial charge on any atom is 0.204 e. The fraction of sp³-hybridized carbons (Fsp3) is 0.174. The second-order valence-corrected chi connectivity index (χ2v) is 8.12. The van der Waals surface area contributed by atoms with Crippen molar-refractivity contribution in [2.45, 2.75) is 25.4 Å². The average Bonchev–Trinajstić information content (AvgIpc) is 3.07. The Morgan fingerprint density at radius 1 is 0.926 bits per heavy atom. The van der Waals surface area contributed by atoms with Crippen LogP contribution in [0.25, 0.3) is 11.0 Å². The molecule has 134 valence electrons. The van der Waals surface area contributed by atoms with Gasteiger partial charge in [0, 0.05) is 4.47 Å².